The smallest absolute Gasteiger partial charge is 0.309 e. The van der Waals surface area contributed by atoms with Gasteiger partial charge in [0.15, 0.2) is 0 Å². The number of hydrogen-bond donors (Lipinski definition) is 2. The van der Waals surface area contributed by atoms with Crippen LogP contribution < -0.4 is 20.4 Å². The number of benzene rings is 2. The molecule has 1 aliphatic rings. The highest BCUT2D eigenvalue weighted by atomic mass is 16.2. The van der Waals surface area contributed by atoms with E-state index in [0.717, 1.165) is 24.2 Å². The van der Waals surface area contributed by atoms with Gasteiger partial charge in [-0.05, 0) is 35.7 Å². The predicted octanol–water partition coefficient (Wildman–Crippen LogP) is 2.27. The van der Waals surface area contributed by atoms with E-state index in [1.807, 2.05) is 20.2 Å². The van der Waals surface area contributed by atoms with Crippen molar-refractivity contribution in [1.29, 1.82) is 0 Å². The van der Waals surface area contributed by atoms with E-state index in [-0.39, 0.29) is 12.6 Å². The highest BCUT2D eigenvalue weighted by Crippen LogP contribution is 2.35. The van der Waals surface area contributed by atoms with E-state index >= 15 is 0 Å². The Morgan fingerprint density at radius 2 is 1.79 bits per heavy atom. The number of nitrogens with one attached hydrogen (secondary N) is 2. The first kappa shape index (κ1) is 20.5. The second-order valence-electron chi connectivity index (χ2n) is 7.28. The van der Waals surface area contributed by atoms with Crippen LogP contribution in [-0.2, 0) is 16.0 Å². The van der Waals surface area contributed by atoms with E-state index < -0.39 is 11.8 Å². The molecule has 0 saturated heterocycles. The molecule has 6 heteroatoms. The van der Waals surface area contributed by atoms with Gasteiger partial charge in [-0.1, -0.05) is 36.4 Å². The minimum atomic E-state index is -0.645. The van der Waals surface area contributed by atoms with Gasteiger partial charge in [0.2, 0.25) is 0 Å². The molecule has 0 aromatic heterocycles. The summed E-state index contributed by atoms with van der Waals surface area (Å²) in [7, 11) is 4.01. The van der Waals surface area contributed by atoms with Gasteiger partial charge in [-0.25, -0.2) is 0 Å². The number of hydrogen-bond acceptors (Lipinski definition) is 4. The number of carbonyl (C=O) groups excluding carboxylic acids is 2. The summed E-state index contributed by atoms with van der Waals surface area (Å²) >= 11 is 0. The number of carbonyl (C=O) groups is 2. The highest BCUT2D eigenvalue weighted by molar-refractivity contribution is 6.35. The molecule has 152 valence electrons. The second-order valence-corrected chi connectivity index (χ2v) is 7.28. The van der Waals surface area contributed by atoms with Crippen LogP contribution in [0.3, 0.4) is 0 Å². The maximum Gasteiger partial charge on any atom is 0.309 e. The molecule has 0 bridgehead atoms. The van der Waals surface area contributed by atoms with Gasteiger partial charge < -0.3 is 20.4 Å². The summed E-state index contributed by atoms with van der Waals surface area (Å²) in [5.74, 6) is -1.28. The van der Waals surface area contributed by atoms with Crippen LogP contribution in [0.1, 0.15) is 17.2 Å². The summed E-state index contributed by atoms with van der Waals surface area (Å²) in [5, 5.41) is 5.31. The van der Waals surface area contributed by atoms with E-state index in [1.54, 1.807) is 6.08 Å². The summed E-state index contributed by atoms with van der Waals surface area (Å²) in [6, 6.07) is 16.6. The van der Waals surface area contributed by atoms with Gasteiger partial charge in [-0.15, -0.1) is 6.58 Å². The van der Waals surface area contributed by atoms with Crippen LogP contribution in [0.2, 0.25) is 0 Å². The number of anilines is 2. The maximum absolute atomic E-state index is 12.2. The van der Waals surface area contributed by atoms with Gasteiger partial charge in [0.05, 0.1) is 6.04 Å². The Hall–Kier alpha value is -3.28. The number of para-hydroxylation sites is 1. The molecule has 1 aliphatic heterocycles. The first-order valence-corrected chi connectivity index (χ1v) is 9.80. The lowest BCUT2D eigenvalue weighted by Crippen LogP contribution is -2.44. The van der Waals surface area contributed by atoms with Crippen molar-refractivity contribution in [2.75, 3.05) is 43.5 Å². The summed E-state index contributed by atoms with van der Waals surface area (Å²) in [6.07, 6.45) is 2.51. The molecule has 2 amide bonds. The third-order valence-electron chi connectivity index (χ3n) is 5.16. The molecule has 2 aromatic rings. The lowest BCUT2D eigenvalue weighted by molar-refractivity contribution is -0.139. The van der Waals surface area contributed by atoms with Gasteiger partial charge in [0.1, 0.15) is 0 Å². The fraction of sp³-hybridized carbons (Fsp3) is 0.304. The van der Waals surface area contributed by atoms with Gasteiger partial charge in [0, 0.05) is 45.1 Å². The van der Waals surface area contributed by atoms with Crippen molar-refractivity contribution in [3.63, 3.8) is 0 Å². The molecule has 1 heterocycles. The molecular weight excluding hydrogens is 364 g/mol. The second kappa shape index (κ2) is 9.28. The Balaban J connectivity index is 1.81. The van der Waals surface area contributed by atoms with E-state index in [0.29, 0.717) is 6.54 Å². The molecule has 6 nitrogen and oxygen atoms in total. The third-order valence-corrected chi connectivity index (χ3v) is 5.16. The van der Waals surface area contributed by atoms with Crippen molar-refractivity contribution in [3.8, 4) is 0 Å². The zero-order valence-corrected chi connectivity index (χ0v) is 17.0. The molecule has 1 unspecified atom stereocenters. The lowest BCUT2D eigenvalue weighted by Gasteiger charge is -2.31. The quantitative estimate of drug-likeness (QED) is 0.561. The third kappa shape index (κ3) is 4.77. The Labute approximate surface area is 172 Å². The van der Waals surface area contributed by atoms with Crippen molar-refractivity contribution in [3.05, 3.63) is 72.3 Å². The SMILES string of the molecule is C=CCNC(=O)C(=O)NCC(c1ccc(N(C)C)cc1)N1CCc2ccccc21. The molecule has 2 aromatic carbocycles. The Morgan fingerprint density at radius 3 is 2.48 bits per heavy atom. The Morgan fingerprint density at radius 1 is 1.10 bits per heavy atom. The largest absolute Gasteiger partial charge is 0.378 e. The van der Waals surface area contributed by atoms with E-state index in [2.05, 4.69) is 69.5 Å². The van der Waals surface area contributed by atoms with Crippen molar-refractivity contribution in [1.82, 2.24) is 10.6 Å². The minimum Gasteiger partial charge on any atom is -0.378 e. The van der Waals surface area contributed by atoms with E-state index in [4.69, 9.17) is 0 Å². The molecule has 0 aliphatic carbocycles. The van der Waals surface area contributed by atoms with Crippen molar-refractivity contribution in [2.45, 2.75) is 12.5 Å². The Kier molecular flexibility index (Phi) is 6.54. The van der Waals surface area contributed by atoms with Crippen molar-refractivity contribution >= 4 is 23.2 Å². The van der Waals surface area contributed by atoms with Gasteiger partial charge in [0.25, 0.3) is 0 Å². The topological polar surface area (TPSA) is 64.7 Å². The van der Waals surface area contributed by atoms with Crippen LogP contribution >= 0.6 is 0 Å². The van der Waals surface area contributed by atoms with Gasteiger partial charge in [-0.3, -0.25) is 9.59 Å². The van der Waals surface area contributed by atoms with Crippen LogP contribution in [-0.4, -0.2) is 45.5 Å². The van der Waals surface area contributed by atoms with Crippen molar-refractivity contribution < 1.29 is 9.59 Å². The zero-order chi connectivity index (χ0) is 20.8. The molecule has 0 radical (unpaired) electrons. The summed E-state index contributed by atoms with van der Waals surface area (Å²) in [5.41, 5.74) is 4.69. The van der Waals surface area contributed by atoms with Crippen molar-refractivity contribution in [2.24, 2.45) is 0 Å². The number of fused-ring (bicyclic) bond motifs is 1. The van der Waals surface area contributed by atoms with Crippen LogP contribution in [0.4, 0.5) is 11.4 Å². The normalized spacial score (nSPS) is 13.4. The average molecular weight is 393 g/mol. The average Bonchev–Trinajstić information content (AvgIpc) is 3.16. The van der Waals surface area contributed by atoms with Crippen LogP contribution in [0, 0.1) is 0 Å². The van der Waals surface area contributed by atoms with Crippen LogP contribution in [0.5, 0.6) is 0 Å². The Bertz CT molecular complexity index is 877. The number of nitrogens with zero attached hydrogens (tertiary/aromatic N) is 2. The highest BCUT2D eigenvalue weighted by Gasteiger charge is 2.28. The molecule has 0 saturated carbocycles. The summed E-state index contributed by atoms with van der Waals surface area (Å²) < 4.78 is 0. The number of rotatable bonds is 7. The molecule has 0 fully saturated rings. The lowest BCUT2D eigenvalue weighted by atomic mass is 10.0. The molecule has 2 N–H and O–H groups in total. The molecule has 29 heavy (non-hydrogen) atoms. The fourth-order valence-corrected chi connectivity index (χ4v) is 3.60. The molecular formula is C23H28N4O2. The van der Waals surface area contributed by atoms with E-state index in [1.165, 1.54) is 11.3 Å². The zero-order valence-electron chi connectivity index (χ0n) is 17.0. The predicted molar refractivity (Wildman–Crippen MR) is 117 cm³/mol. The maximum atomic E-state index is 12.2. The van der Waals surface area contributed by atoms with E-state index in [9.17, 15) is 9.59 Å². The van der Waals surface area contributed by atoms with Crippen LogP contribution in [0.25, 0.3) is 0 Å². The molecule has 1 atom stereocenters. The van der Waals surface area contributed by atoms with Gasteiger partial charge >= 0.3 is 11.8 Å². The molecule has 0 spiro atoms. The standard InChI is InChI=1S/C23H28N4O2/c1-4-14-24-22(28)23(29)25-16-21(18-9-11-19(12-10-18)26(2)3)27-15-13-17-7-5-6-8-20(17)27/h4-12,21H,1,13-16H2,2-3H3,(H,24,28)(H,25,29). The summed E-state index contributed by atoms with van der Waals surface area (Å²) in [4.78, 5) is 28.5. The first-order valence-electron chi connectivity index (χ1n) is 9.80. The monoisotopic (exact) mass is 392 g/mol. The summed E-state index contributed by atoms with van der Waals surface area (Å²) in [6.45, 7) is 5.02. The molecule has 3 rings (SSSR count). The number of amides is 2. The fourth-order valence-electron chi connectivity index (χ4n) is 3.60. The first-order chi connectivity index (χ1) is 14.0. The van der Waals surface area contributed by atoms with Gasteiger partial charge in [-0.2, -0.15) is 0 Å². The van der Waals surface area contributed by atoms with Crippen LogP contribution in [0.15, 0.2) is 61.2 Å². The minimum absolute atomic E-state index is 0.0639.